The molecule has 0 amide bonds. The van der Waals surface area contributed by atoms with Gasteiger partial charge in [0.25, 0.3) is 0 Å². The summed E-state index contributed by atoms with van der Waals surface area (Å²) in [6.45, 7) is 10.7. The average molecular weight is 201 g/mol. The van der Waals surface area contributed by atoms with Crippen LogP contribution >= 0.6 is 0 Å². The molecule has 0 radical (unpaired) electrons. The van der Waals surface area contributed by atoms with Crippen LogP contribution in [0.4, 0.5) is 0 Å². The summed E-state index contributed by atoms with van der Waals surface area (Å²) in [5.41, 5.74) is 0. The van der Waals surface area contributed by atoms with E-state index in [4.69, 9.17) is 4.74 Å². The third kappa shape index (κ3) is 6.11. The molecule has 0 aromatic heterocycles. The first-order chi connectivity index (χ1) is 6.59. The van der Waals surface area contributed by atoms with Crippen LogP contribution in [0.1, 0.15) is 27.7 Å². The number of hydrogen-bond acceptors (Lipinski definition) is 3. The van der Waals surface area contributed by atoms with Crippen LogP contribution in [0.3, 0.4) is 0 Å². The third-order valence-corrected chi connectivity index (χ3v) is 2.43. The van der Waals surface area contributed by atoms with Gasteiger partial charge in [0, 0.05) is 19.1 Å². The summed E-state index contributed by atoms with van der Waals surface area (Å²) in [4.78, 5) is 11.5. The van der Waals surface area contributed by atoms with Gasteiger partial charge in [-0.05, 0) is 12.8 Å². The summed E-state index contributed by atoms with van der Waals surface area (Å²) in [6, 6.07) is 0. The maximum absolute atomic E-state index is 11.5. The lowest BCUT2D eigenvalue weighted by Gasteiger charge is -2.14. The van der Waals surface area contributed by atoms with Crippen LogP contribution in [0.2, 0.25) is 0 Å². The summed E-state index contributed by atoms with van der Waals surface area (Å²) in [7, 11) is 0. The Hall–Kier alpha value is -0.410. The van der Waals surface area contributed by atoms with Crippen LogP contribution in [0.25, 0.3) is 0 Å². The lowest BCUT2D eigenvalue weighted by molar-refractivity contribution is -0.122. The van der Waals surface area contributed by atoms with Crippen molar-refractivity contribution >= 4 is 5.78 Å². The Labute approximate surface area is 87.2 Å². The maximum Gasteiger partial charge on any atom is 0.149 e. The van der Waals surface area contributed by atoms with Gasteiger partial charge in [-0.25, -0.2) is 0 Å². The second-order valence-electron chi connectivity index (χ2n) is 3.87. The van der Waals surface area contributed by atoms with Crippen LogP contribution < -0.4 is 5.32 Å². The number of ketones is 1. The monoisotopic (exact) mass is 201 g/mol. The number of hydrogen-bond donors (Lipinski definition) is 1. The largest absolute Gasteiger partial charge is 0.380 e. The standard InChI is InChI=1S/C11H23NO2/c1-5-14-7-6-12-8-11(13)10(4)9(2)3/h9-10,12H,5-8H2,1-4H3. The quantitative estimate of drug-likeness (QED) is 0.604. The SMILES string of the molecule is CCOCCNCC(=O)C(C)C(C)C. The van der Waals surface area contributed by atoms with Crippen LogP contribution in [-0.2, 0) is 9.53 Å². The molecule has 14 heavy (non-hydrogen) atoms. The minimum absolute atomic E-state index is 0.148. The fraction of sp³-hybridized carbons (Fsp3) is 0.909. The van der Waals surface area contributed by atoms with Gasteiger partial charge >= 0.3 is 0 Å². The zero-order chi connectivity index (χ0) is 11.0. The summed E-state index contributed by atoms with van der Waals surface area (Å²) in [6.07, 6.45) is 0. The van der Waals surface area contributed by atoms with E-state index in [1.165, 1.54) is 0 Å². The average Bonchev–Trinajstić information content (AvgIpc) is 2.16. The number of ether oxygens (including phenoxy) is 1. The van der Waals surface area contributed by atoms with Gasteiger partial charge in [0.2, 0.25) is 0 Å². The van der Waals surface area contributed by atoms with Crippen molar-refractivity contribution < 1.29 is 9.53 Å². The molecule has 0 heterocycles. The molecule has 1 N–H and O–H groups in total. The predicted molar refractivity (Wildman–Crippen MR) is 58.4 cm³/mol. The molecule has 0 aliphatic carbocycles. The van der Waals surface area contributed by atoms with Gasteiger partial charge in [-0.2, -0.15) is 0 Å². The van der Waals surface area contributed by atoms with Crippen LogP contribution in [0.5, 0.6) is 0 Å². The summed E-state index contributed by atoms with van der Waals surface area (Å²) in [5.74, 6) is 0.863. The zero-order valence-corrected chi connectivity index (χ0v) is 9.80. The number of Topliss-reactive ketones (excluding diaryl/α,β-unsaturated/α-hetero) is 1. The maximum atomic E-state index is 11.5. The Morgan fingerprint density at radius 1 is 1.36 bits per heavy atom. The summed E-state index contributed by atoms with van der Waals surface area (Å²) in [5, 5.41) is 3.08. The van der Waals surface area contributed by atoms with E-state index in [0.717, 1.165) is 13.2 Å². The van der Waals surface area contributed by atoms with Crippen LogP contribution in [0, 0.1) is 11.8 Å². The number of rotatable bonds is 8. The fourth-order valence-electron chi connectivity index (χ4n) is 1.03. The molecule has 0 aromatic carbocycles. The number of carbonyl (C=O) groups is 1. The highest BCUT2D eigenvalue weighted by Gasteiger charge is 2.15. The van der Waals surface area contributed by atoms with E-state index >= 15 is 0 Å². The second kappa shape index (κ2) is 7.94. The Balaban J connectivity index is 3.44. The molecule has 0 bridgehead atoms. The van der Waals surface area contributed by atoms with Gasteiger partial charge in [-0.1, -0.05) is 20.8 Å². The molecule has 1 atom stereocenters. The molecule has 0 fully saturated rings. The van der Waals surface area contributed by atoms with Crippen LogP contribution in [-0.4, -0.2) is 32.1 Å². The van der Waals surface area contributed by atoms with E-state index in [9.17, 15) is 4.79 Å². The van der Waals surface area contributed by atoms with Crippen LogP contribution in [0.15, 0.2) is 0 Å². The molecule has 0 aliphatic heterocycles. The normalized spacial score (nSPS) is 13.2. The van der Waals surface area contributed by atoms with Crippen molar-refractivity contribution in [3.8, 4) is 0 Å². The first kappa shape index (κ1) is 13.6. The van der Waals surface area contributed by atoms with Crippen molar-refractivity contribution in [2.24, 2.45) is 11.8 Å². The van der Waals surface area contributed by atoms with Crippen molar-refractivity contribution in [1.82, 2.24) is 5.32 Å². The predicted octanol–water partition coefficient (Wildman–Crippen LogP) is 1.47. The smallest absolute Gasteiger partial charge is 0.149 e. The second-order valence-corrected chi connectivity index (χ2v) is 3.87. The highest BCUT2D eigenvalue weighted by Crippen LogP contribution is 2.09. The first-order valence-electron chi connectivity index (χ1n) is 5.40. The molecule has 0 rings (SSSR count). The van der Waals surface area contributed by atoms with Crippen molar-refractivity contribution in [3.63, 3.8) is 0 Å². The van der Waals surface area contributed by atoms with Gasteiger partial charge in [0.1, 0.15) is 5.78 Å². The molecule has 0 aliphatic rings. The van der Waals surface area contributed by atoms with E-state index in [-0.39, 0.29) is 11.7 Å². The van der Waals surface area contributed by atoms with Gasteiger partial charge < -0.3 is 10.1 Å². The highest BCUT2D eigenvalue weighted by molar-refractivity contribution is 5.82. The minimum atomic E-state index is 0.148. The van der Waals surface area contributed by atoms with Gasteiger partial charge in [-0.15, -0.1) is 0 Å². The van der Waals surface area contributed by atoms with Crippen molar-refractivity contribution in [3.05, 3.63) is 0 Å². The van der Waals surface area contributed by atoms with Crippen molar-refractivity contribution in [2.45, 2.75) is 27.7 Å². The molecule has 0 aromatic rings. The summed E-state index contributed by atoms with van der Waals surface area (Å²) >= 11 is 0. The van der Waals surface area contributed by atoms with Crippen molar-refractivity contribution in [2.75, 3.05) is 26.3 Å². The Morgan fingerprint density at radius 2 is 2.00 bits per heavy atom. The van der Waals surface area contributed by atoms with E-state index < -0.39 is 0 Å². The molecule has 0 saturated carbocycles. The molecule has 84 valence electrons. The lowest BCUT2D eigenvalue weighted by Crippen LogP contribution is -2.31. The highest BCUT2D eigenvalue weighted by atomic mass is 16.5. The number of nitrogens with one attached hydrogen (secondary N) is 1. The van der Waals surface area contributed by atoms with E-state index in [1.807, 2.05) is 13.8 Å². The number of carbonyl (C=O) groups excluding carboxylic acids is 1. The van der Waals surface area contributed by atoms with Crippen molar-refractivity contribution in [1.29, 1.82) is 0 Å². The zero-order valence-electron chi connectivity index (χ0n) is 9.80. The molecular formula is C11H23NO2. The topological polar surface area (TPSA) is 38.3 Å². The van der Waals surface area contributed by atoms with Gasteiger partial charge in [0.05, 0.1) is 13.2 Å². The van der Waals surface area contributed by atoms with Gasteiger partial charge in [-0.3, -0.25) is 4.79 Å². The first-order valence-corrected chi connectivity index (χ1v) is 5.40. The summed E-state index contributed by atoms with van der Waals surface area (Å²) < 4.78 is 5.15. The Bertz CT molecular complexity index is 157. The molecule has 0 saturated heterocycles. The fourth-order valence-corrected chi connectivity index (χ4v) is 1.03. The van der Waals surface area contributed by atoms with Gasteiger partial charge in [0.15, 0.2) is 0 Å². The Kier molecular flexibility index (Phi) is 7.71. The Morgan fingerprint density at radius 3 is 2.50 bits per heavy atom. The molecular weight excluding hydrogens is 178 g/mol. The molecule has 3 heteroatoms. The van der Waals surface area contributed by atoms with E-state index in [0.29, 0.717) is 19.1 Å². The lowest BCUT2D eigenvalue weighted by atomic mass is 9.94. The molecule has 1 unspecified atom stereocenters. The minimum Gasteiger partial charge on any atom is -0.380 e. The van der Waals surface area contributed by atoms with E-state index in [1.54, 1.807) is 0 Å². The third-order valence-electron chi connectivity index (χ3n) is 2.43. The molecule has 0 spiro atoms. The molecule has 3 nitrogen and oxygen atoms in total. The van der Waals surface area contributed by atoms with E-state index in [2.05, 4.69) is 19.2 Å².